The van der Waals surface area contributed by atoms with Crippen molar-refractivity contribution in [1.82, 2.24) is 0 Å². The maximum atomic E-state index is 12.8. The van der Waals surface area contributed by atoms with Gasteiger partial charge >= 0.3 is 11.9 Å². The molecule has 0 aromatic carbocycles. The number of carbonyl (C=O) groups is 2. The van der Waals surface area contributed by atoms with Crippen LogP contribution in [0.4, 0.5) is 0 Å². The van der Waals surface area contributed by atoms with Crippen LogP contribution in [0.2, 0.25) is 0 Å². The Morgan fingerprint density at radius 2 is 0.983 bits per heavy atom. The third-order valence-corrected chi connectivity index (χ3v) is 9.81. The van der Waals surface area contributed by atoms with Crippen LogP contribution < -0.4 is 0 Å². The van der Waals surface area contributed by atoms with Crippen LogP contribution in [0.1, 0.15) is 162 Å². The van der Waals surface area contributed by atoms with Gasteiger partial charge in [-0.1, -0.05) is 138 Å². The van der Waals surface area contributed by atoms with E-state index >= 15 is 0 Å². The zero-order valence-electron chi connectivity index (χ0n) is 36.0. The highest BCUT2D eigenvalue weighted by Crippen LogP contribution is 2.22. The van der Waals surface area contributed by atoms with E-state index in [0.29, 0.717) is 12.8 Å². The molecular formula is C48H80O10. The average Bonchev–Trinajstić information content (AvgIpc) is 3.22. The molecule has 0 spiro atoms. The summed E-state index contributed by atoms with van der Waals surface area (Å²) in [4.78, 5) is 25.3. The number of aliphatic hydroxyl groups excluding tert-OH is 4. The molecule has 0 saturated carbocycles. The van der Waals surface area contributed by atoms with Gasteiger partial charge in [-0.05, 0) is 83.5 Å². The summed E-state index contributed by atoms with van der Waals surface area (Å²) < 4.78 is 22.1. The van der Waals surface area contributed by atoms with Gasteiger partial charge in [0, 0.05) is 12.8 Å². The summed E-state index contributed by atoms with van der Waals surface area (Å²) in [7, 11) is 0. The normalized spacial score (nSPS) is 20.8. The van der Waals surface area contributed by atoms with Gasteiger partial charge in [0.05, 0.1) is 13.2 Å². The van der Waals surface area contributed by atoms with Crippen molar-refractivity contribution in [1.29, 1.82) is 0 Å². The SMILES string of the molecule is CCCC/C=C/C/C=C/CCCCCCCC(=O)OC[C@H](CO[C@@H]1O[C@H](CO)[C@H](O)C(O)C1O)OC(=O)CCCCC/C=C/C/C=C/C/C=C/C/C=C/CCCCC. The largest absolute Gasteiger partial charge is 0.462 e. The first-order valence-electron chi connectivity index (χ1n) is 22.5. The fraction of sp³-hybridized carbons (Fsp3) is 0.708. The molecule has 0 aromatic heterocycles. The van der Waals surface area contributed by atoms with Crippen molar-refractivity contribution in [3.63, 3.8) is 0 Å². The Hall–Kier alpha value is -2.86. The van der Waals surface area contributed by atoms with Crippen LogP contribution in [-0.4, -0.2) is 89.0 Å². The van der Waals surface area contributed by atoms with Gasteiger partial charge in [-0.3, -0.25) is 9.59 Å². The van der Waals surface area contributed by atoms with E-state index in [1.165, 1.54) is 38.5 Å². The van der Waals surface area contributed by atoms with E-state index in [0.717, 1.165) is 83.5 Å². The molecule has 4 N–H and O–H groups in total. The molecule has 1 rings (SSSR count). The number of carbonyl (C=O) groups excluding carboxylic acids is 2. The van der Waals surface area contributed by atoms with Gasteiger partial charge in [0.15, 0.2) is 12.4 Å². The molecule has 1 aliphatic rings. The minimum atomic E-state index is -1.61. The third-order valence-electron chi connectivity index (χ3n) is 9.81. The van der Waals surface area contributed by atoms with Crippen molar-refractivity contribution in [2.45, 2.75) is 198 Å². The quantitative estimate of drug-likeness (QED) is 0.0273. The first-order valence-corrected chi connectivity index (χ1v) is 22.5. The number of esters is 2. The van der Waals surface area contributed by atoms with Gasteiger partial charge in [-0.2, -0.15) is 0 Å². The van der Waals surface area contributed by atoms with E-state index < -0.39 is 55.4 Å². The Kier molecular flexibility index (Phi) is 35.1. The summed E-state index contributed by atoms with van der Waals surface area (Å²) in [5.41, 5.74) is 0. The minimum absolute atomic E-state index is 0.186. The molecule has 1 heterocycles. The molecule has 1 saturated heterocycles. The van der Waals surface area contributed by atoms with Gasteiger partial charge in [-0.25, -0.2) is 0 Å². The van der Waals surface area contributed by atoms with Gasteiger partial charge in [0.2, 0.25) is 0 Å². The lowest BCUT2D eigenvalue weighted by atomic mass is 9.99. The highest BCUT2D eigenvalue weighted by atomic mass is 16.7. The number of hydrogen-bond donors (Lipinski definition) is 4. The number of unbranched alkanes of at least 4 members (excludes halogenated alkanes) is 13. The summed E-state index contributed by atoms with van der Waals surface area (Å²) in [6.45, 7) is 3.29. The lowest BCUT2D eigenvalue weighted by Crippen LogP contribution is -2.59. The van der Waals surface area contributed by atoms with E-state index in [1.807, 2.05) is 0 Å². The van der Waals surface area contributed by atoms with E-state index in [9.17, 15) is 30.0 Å². The second-order valence-electron chi connectivity index (χ2n) is 15.1. The number of hydrogen-bond acceptors (Lipinski definition) is 10. The van der Waals surface area contributed by atoms with Gasteiger partial charge in [-0.15, -0.1) is 0 Å². The molecule has 58 heavy (non-hydrogen) atoms. The number of aliphatic hydroxyl groups is 4. The average molecular weight is 817 g/mol. The summed E-state index contributed by atoms with van der Waals surface area (Å²) in [5.74, 6) is -0.866. The molecule has 0 amide bonds. The number of rotatable bonds is 36. The molecule has 10 nitrogen and oxygen atoms in total. The molecule has 2 unspecified atom stereocenters. The predicted octanol–water partition coefficient (Wildman–Crippen LogP) is 9.61. The summed E-state index contributed by atoms with van der Waals surface area (Å²) in [6, 6.07) is 0. The molecule has 0 aromatic rings. The summed E-state index contributed by atoms with van der Waals surface area (Å²) in [5, 5.41) is 40.1. The molecule has 332 valence electrons. The van der Waals surface area contributed by atoms with E-state index in [2.05, 4.69) is 86.8 Å². The van der Waals surface area contributed by atoms with Crippen LogP contribution in [0.15, 0.2) is 72.9 Å². The molecule has 0 radical (unpaired) electrons. The molecule has 1 fully saturated rings. The fourth-order valence-corrected chi connectivity index (χ4v) is 6.19. The standard InChI is InChI=1S/C48H80O10/c1-3-5-7-9-11-13-15-17-19-20-21-22-23-25-27-29-31-33-35-37-44(51)57-41(40-56-48-47(54)46(53)45(52)42(38-49)58-48)39-55-43(50)36-34-32-30-28-26-24-18-16-14-12-10-8-6-4-2/h10-13,16-19,21-22,25,27,41-42,45-49,52-54H,3-9,14-15,20,23-24,26,28-40H2,1-2H3/b12-10+,13-11+,18-16+,19-17+,22-21+,27-25+/t41-,42-,45+,46?,47?,48-/m1/s1. The molecule has 6 atom stereocenters. The maximum absolute atomic E-state index is 12.8. The Labute approximate surface area is 351 Å². The lowest BCUT2D eigenvalue weighted by molar-refractivity contribution is -0.305. The van der Waals surface area contributed by atoms with Crippen LogP contribution in [0, 0.1) is 0 Å². The topological polar surface area (TPSA) is 152 Å². The zero-order chi connectivity index (χ0) is 42.3. The van der Waals surface area contributed by atoms with Crippen LogP contribution in [0.25, 0.3) is 0 Å². The Bertz CT molecular complexity index is 1170. The molecule has 0 aliphatic carbocycles. The van der Waals surface area contributed by atoms with Crippen molar-refractivity contribution in [2.75, 3.05) is 19.8 Å². The van der Waals surface area contributed by atoms with Crippen molar-refractivity contribution in [3.05, 3.63) is 72.9 Å². The van der Waals surface area contributed by atoms with Gasteiger partial charge in [0.1, 0.15) is 31.0 Å². The first kappa shape index (κ1) is 53.2. The van der Waals surface area contributed by atoms with Gasteiger partial charge in [0.25, 0.3) is 0 Å². The number of ether oxygens (including phenoxy) is 4. The Balaban J connectivity index is 2.38. The van der Waals surface area contributed by atoms with Crippen molar-refractivity contribution in [2.24, 2.45) is 0 Å². The monoisotopic (exact) mass is 817 g/mol. The smallest absolute Gasteiger partial charge is 0.306 e. The second-order valence-corrected chi connectivity index (χ2v) is 15.1. The number of allylic oxidation sites excluding steroid dienone is 12. The molecule has 1 aliphatic heterocycles. The van der Waals surface area contributed by atoms with E-state index in [4.69, 9.17) is 18.9 Å². The minimum Gasteiger partial charge on any atom is -0.462 e. The van der Waals surface area contributed by atoms with Crippen molar-refractivity contribution < 1.29 is 49.0 Å². The summed E-state index contributed by atoms with van der Waals surface area (Å²) >= 11 is 0. The molecular weight excluding hydrogens is 737 g/mol. The Morgan fingerprint density at radius 3 is 1.52 bits per heavy atom. The van der Waals surface area contributed by atoms with Crippen LogP contribution in [0.3, 0.4) is 0 Å². The second kappa shape index (κ2) is 38.3. The highest BCUT2D eigenvalue weighted by molar-refractivity contribution is 5.70. The van der Waals surface area contributed by atoms with E-state index in [1.54, 1.807) is 0 Å². The van der Waals surface area contributed by atoms with E-state index in [-0.39, 0.29) is 26.1 Å². The third kappa shape index (κ3) is 29.4. The van der Waals surface area contributed by atoms with Gasteiger partial charge < -0.3 is 39.4 Å². The lowest BCUT2D eigenvalue weighted by Gasteiger charge is -2.39. The Morgan fingerprint density at radius 1 is 0.534 bits per heavy atom. The van der Waals surface area contributed by atoms with Crippen LogP contribution in [-0.2, 0) is 28.5 Å². The van der Waals surface area contributed by atoms with Crippen LogP contribution in [0.5, 0.6) is 0 Å². The van der Waals surface area contributed by atoms with Crippen LogP contribution >= 0.6 is 0 Å². The summed E-state index contributed by atoms with van der Waals surface area (Å²) in [6.07, 6.45) is 40.4. The predicted molar refractivity (Wildman–Crippen MR) is 233 cm³/mol. The molecule has 10 heteroatoms. The molecule has 0 bridgehead atoms. The highest BCUT2D eigenvalue weighted by Gasteiger charge is 2.44. The zero-order valence-corrected chi connectivity index (χ0v) is 36.0. The first-order chi connectivity index (χ1) is 28.3. The van der Waals surface area contributed by atoms with Crippen molar-refractivity contribution >= 4 is 11.9 Å². The maximum Gasteiger partial charge on any atom is 0.306 e. The fourth-order valence-electron chi connectivity index (χ4n) is 6.19. The van der Waals surface area contributed by atoms with Crippen molar-refractivity contribution in [3.8, 4) is 0 Å².